The highest BCUT2D eigenvalue weighted by atomic mass is 16.6. The van der Waals surface area contributed by atoms with Gasteiger partial charge in [0, 0.05) is 36.5 Å². The van der Waals surface area contributed by atoms with Crippen LogP contribution in [0, 0.1) is 17.0 Å². The van der Waals surface area contributed by atoms with Crippen LogP contribution in [-0.2, 0) is 14.3 Å². The molecule has 4 rings (SSSR count). The van der Waals surface area contributed by atoms with Crippen LogP contribution in [0.5, 0.6) is 0 Å². The smallest absolute Gasteiger partial charge is 0.335 e. The van der Waals surface area contributed by atoms with Crippen molar-refractivity contribution in [1.82, 2.24) is 5.32 Å². The van der Waals surface area contributed by atoms with Gasteiger partial charge in [-0.2, -0.15) is 0 Å². The van der Waals surface area contributed by atoms with Crippen molar-refractivity contribution < 1.29 is 24.0 Å². The highest BCUT2D eigenvalue weighted by Crippen LogP contribution is 2.30. The number of urea groups is 1. The van der Waals surface area contributed by atoms with Crippen molar-refractivity contribution in [2.45, 2.75) is 6.92 Å². The summed E-state index contributed by atoms with van der Waals surface area (Å²) in [6.07, 6.45) is 1.30. The number of non-ortho nitro benzene ring substituents is 1. The Hall–Kier alpha value is -4.05. The Bertz CT molecular complexity index is 1150. The number of nitro groups is 1. The van der Waals surface area contributed by atoms with Gasteiger partial charge in [-0.3, -0.25) is 25.0 Å². The number of carbonyl (C=O) groups is 3. The van der Waals surface area contributed by atoms with Crippen LogP contribution in [0.4, 0.5) is 21.9 Å². The van der Waals surface area contributed by atoms with E-state index in [1.54, 1.807) is 24.3 Å². The van der Waals surface area contributed by atoms with Gasteiger partial charge in [-0.25, -0.2) is 9.69 Å². The average Bonchev–Trinajstić information content (AvgIpc) is 2.77. The lowest BCUT2D eigenvalue weighted by Crippen LogP contribution is -2.54. The first-order valence-corrected chi connectivity index (χ1v) is 9.94. The Morgan fingerprint density at radius 2 is 1.84 bits per heavy atom. The monoisotopic (exact) mass is 436 g/mol. The van der Waals surface area contributed by atoms with Crippen LogP contribution < -0.4 is 15.1 Å². The molecule has 10 nitrogen and oxygen atoms in total. The van der Waals surface area contributed by atoms with Crippen LogP contribution in [-0.4, -0.2) is 49.1 Å². The predicted octanol–water partition coefficient (Wildman–Crippen LogP) is 2.41. The second-order valence-electron chi connectivity index (χ2n) is 7.40. The predicted molar refractivity (Wildman–Crippen MR) is 116 cm³/mol. The standard InChI is InChI=1S/C22H20N4O6/c1-14-3-2-4-16(11-14)25-21(28)18(20(27)23-22(25)29)13-15-12-17(26(30)31)5-6-19(15)24-7-9-32-10-8-24/h2-6,11-13H,7-10H2,1H3,(H,23,27,29)/b18-13+. The van der Waals surface area contributed by atoms with Gasteiger partial charge in [0.2, 0.25) is 0 Å². The molecule has 0 aliphatic carbocycles. The van der Waals surface area contributed by atoms with Crippen LogP contribution in [0.3, 0.4) is 0 Å². The molecule has 2 saturated heterocycles. The lowest BCUT2D eigenvalue weighted by molar-refractivity contribution is -0.384. The SMILES string of the molecule is Cc1cccc(N2C(=O)NC(=O)/C(=C\c3cc([N+](=O)[O-])ccc3N3CCOCC3)C2=O)c1. The molecule has 164 valence electrons. The molecule has 0 spiro atoms. The second kappa shape index (κ2) is 8.60. The summed E-state index contributed by atoms with van der Waals surface area (Å²) in [6.45, 7) is 3.91. The topological polar surface area (TPSA) is 122 Å². The lowest BCUT2D eigenvalue weighted by atomic mass is 10.0. The Labute approximate surface area is 183 Å². The van der Waals surface area contributed by atoms with Crippen molar-refractivity contribution in [2.75, 3.05) is 36.1 Å². The fourth-order valence-corrected chi connectivity index (χ4v) is 3.68. The lowest BCUT2D eigenvalue weighted by Gasteiger charge is -2.30. The molecule has 0 aromatic heterocycles. The van der Waals surface area contributed by atoms with Crippen molar-refractivity contribution >= 4 is 41.0 Å². The molecule has 0 saturated carbocycles. The van der Waals surface area contributed by atoms with Crippen LogP contribution in [0.25, 0.3) is 6.08 Å². The van der Waals surface area contributed by atoms with Crippen molar-refractivity contribution in [3.63, 3.8) is 0 Å². The van der Waals surface area contributed by atoms with Crippen molar-refractivity contribution in [1.29, 1.82) is 0 Å². The quantitative estimate of drug-likeness (QED) is 0.338. The third-order valence-corrected chi connectivity index (χ3v) is 5.24. The number of nitrogens with zero attached hydrogens (tertiary/aromatic N) is 3. The van der Waals surface area contributed by atoms with Crippen LogP contribution in [0.1, 0.15) is 11.1 Å². The van der Waals surface area contributed by atoms with Gasteiger partial charge in [0.05, 0.1) is 23.8 Å². The van der Waals surface area contributed by atoms with Gasteiger partial charge in [0.15, 0.2) is 0 Å². The second-order valence-corrected chi connectivity index (χ2v) is 7.40. The third kappa shape index (κ3) is 4.08. The number of hydrogen-bond acceptors (Lipinski definition) is 7. The molecular formula is C22H20N4O6. The summed E-state index contributed by atoms with van der Waals surface area (Å²) >= 11 is 0. The van der Waals surface area contributed by atoms with Gasteiger partial charge in [0.25, 0.3) is 17.5 Å². The summed E-state index contributed by atoms with van der Waals surface area (Å²) in [7, 11) is 0. The van der Waals surface area contributed by atoms with E-state index in [9.17, 15) is 24.5 Å². The summed E-state index contributed by atoms with van der Waals surface area (Å²) in [4.78, 5) is 51.8. The van der Waals surface area contributed by atoms with Gasteiger partial charge in [-0.05, 0) is 36.8 Å². The van der Waals surface area contributed by atoms with Crippen LogP contribution >= 0.6 is 0 Å². The zero-order valence-corrected chi connectivity index (χ0v) is 17.2. The molecule has 32 heavy (non-hydrogen) atoms. The largest absolute Gasteiger partial charge is 0.378 e. The van der Waals surface area contributed by atoms with E-state index in [2.05, 4.69) is 5.32 Å². The molecule has 0 radical (unpaired) electrons. The number of hydrogen-bond donors (Lipinski definition) is 1. The molecule has 2 aliphatic heterocycles. The van der Waals surface area contributed by atoms with Gasteiger partial charge >= 0.3 is 6.03 Å². The molecule has 10 heteroatoms. The number of ether oxygens (including phenoxy) is 1. The molecule has 0 bridgehead atoms. The van der Waals surface area contributed by atoms with Gasteiger partial charge < -0.3 is 9.64 Å². The Kier molecular flexibility index (Phi) is 5.69. The number of anilines is 2. The average molecular weight is 436 g/mol. The molecular weight excluding hydrogens is 416 g/mol. The Balaban J connectivity index is 1.79. The molecule has 0 atom stereocenters. The Morgan fingerprint density at radius 3 is 2.53 bits per heavy atom. The maximum atomic E-state index is 13.2. The maximum absolute atomic E-state index is 13.2. The number of aryl methyl sites for hydroxylation is 1. The number of imide groups is 2. The number of benzene rings is 2. The Morgan fingerprint density at radius 1 is 1.09 bits per heavy atom. The van der Waals surface area contributed by atoms with Gasteiger partial charge in [-0.15, -0.1) is 0 Å². The molecule has 4 amide bonds. The van der Waals surface area contributed by atoms with Crippen LogP contribution in [0.2, 0.25) is 0 Å². The van der Waals surface area contributed by atoms with E-state index in [4.69, 9.17) is 4.74 Å². The minimum Gasteiger partial charge on any atom is -0.378 e. The summed E-state index contributed by atoms with van der Waals surface area (Å²) in [5.41, 5.74) is 1.64. The van der Waals surface area contributed by atoms with Crippen molar-refractivity contribution in [3.8, 4) is 0 Å². The molecule has 2 aliphatic rings. The van der Waals surface area contributed by atoms with Gasteiger partial charge in [0.1, 0.15) is 5.57 Å². The van der Waals surface area contributed by atoms with E-state index < -0.39 is 22.8 Å². The minimum absolute atomic E-state index is 0.177. The summed E-state index contributed by atoms with van der Waals surface area (Å²) in [5, 5.41) is 13.5. The minimum atomic E-state index is -0.858. The molecule has 0 unspecified atom stereocenters. The number of nitro benzene ring substituents is 1. The normalized spacial score (nSPS) is 18.2. The fourth-order valence-electron chi connectivity index (χ4n) is 3.68. The van der Waals surface area contributed by atoms with E-state index in [1.165, 1.54) is 18.2 Å². The van der Waals surface area contributed by atoms with Crippen LogP contribution in [0.15, 0.2) is 48.0 Å². The van der Waals surface area contributed by atoms with E-state index in [0.29, 0.717) is 43.2 Å². The summed E-state index contributed by atoms with van der Waals surface area (Å²) in [6, 6.07) is 10.2. The van der Waals surface area contributed by atoms with E-state index in [0.717, 1.165) is 10.5 Å². The highest BCUT2D eigenvalue weighted by molar-refractivity contribution is 6.39. The first-order chi connectivity index (χ1) is 15.3. The summed E-state index contributed by atoms with van der Waals surface area (Å²) in [5.74, 6) is -1.66. The third-order valence-electron chi connectivity index (χ3n) is 5.24. The number of rotatable bonds is 4. The van der Waals surface area contributed by atoms with E-state index in [1.807, 2.05) is 17.9 Å². The highest BCUT2D eigenvalue weighted by Gasteiger charge is 2.37. The number of carbonyl (C=O) groups excluding carboxylic acids is 3. The number of nitrogens with one attached hydrogen (secondary N) is 1. The van der Waals surface area contributed by atoms with E-state index in [-0.39, 0.29) is 11.3 Å². The zero-order valence-electron chi connectivity index (χ0n) is 17.2. The van der Waals surface area contributed by atoms with Crippen molar-refractivity contribution in [2.24, 2.45) is 0 Å². The molecule has 2 fully saturated rings. The molecule has 2 heterocycles. The maximum Gasteiger partial charge on any atom is 0.335 e. The number of amides is 4. The van der Waals surface area contributed by atoms with E-state index >= 15 is 0 Å². The fraction of sp³-hybridized carbons (Fsp3) is 0.227. The molecule has 2 aromatic rings. The zero-order chi connectivity index (χ0) is 22.8. The number of barbiturate groups is 1. The number of morpholine rings is 1. The molecule has 1 N–H and O–H groups in total. The summed E-state index contributed by atoms with van der Waals surface area (Å²) < 4.78 is 5.36. The first-order valence-electron chi connectivity index (χ1n) is 9.94. The molecule has 2 aromatic carbocycles. The first kappa shape index (κ1) is 21.2. The van der Waals surface area contributed by atoms with Gasteiger partial charge in [-0.1, -0.05) is 12.1 Å². The van der Waals surface area contributed by atoms with Crippen molar-refractivity contribution in [3.05, 3.63) is 69.3 Å².